The first-order valence-corrected chi connectivity index (χ1v) is 6.59. The van der Waals surface area contributed by atoms with Crippen LogP contribution >= 0.6 is 11.6 Å². The van der Waals surface area contributed by atoms with E-state index in [1.165, 1.54) is 4.90 Å². The third kappa shape index (κ3) is 2.63. The Morgan fingerprint density at radius 3 is 2.75 bits per heavy atom. The van der Waals surface area contributed by atoms with Gasteiger partial charge in [0.15, 0.2) is 0 Å². The normalized spacial score (nSPS) is 18.0. The Morgan fingerprint density at radius 2 is 2.20 bits per heavy atom. The van der Waals surface area contributed by atoms with E-state index in [0.29, 0.717) is 29.2 Å². The van der Waals surface area contributed by atoms with Crippen LogP contribution in [0.5, 0.6) is 0 Å². The zero-order chi connectivity index (χ0) is 14.9. The summed E-state index contributed by atoms with van der Waals surface area (Å²) in [5, 5.41) is 0.368. The van der Waals surface area contributed by atoms with Gasteiger partial charge in [-0.25, -0.2) is 0 Å². The maximum atomic E-state index is 12.0. The minimum Gasteiger partial charge on any atom is -0.345 e. The molecule has 0 spiro atoms. The molecule has 0 saturated carbocycles. The van der Waals surface area contributed by atoms with Crippen molar-refractivity contribution in [3.63, 3.8) is 0 Å². The highest BCUT2D eigenvalue weighted by atomic mass is 35.5. The Hall–Kier alpha value is -1.99. The number of benzene rings is 1. The summed E-state index contributed by atoms with van der Waals surface area (Å²) in [7, 11) is 3.31. The Morgan fingerprint density at radius 1 is 1.50 bits per heavy atom. The van der Waals surface area contributed by atoms with Crippen LogP contribution in [0.1, 0.15) is 16.8 Å². The largest absolute Gasteiger partial charge is 0.345 e. The number of anilines is 1. The van der Waals surface area contributed by atoms with E-state index in [0.717, 1.165) is 0 Å². The lowest BCUT2D eigenvalue weighted by Gasteiger charge is -2.18. The number of halogens is 1. The minimum atomic E-state index is -0.197. The molecule has 2 amide bonds. The second kappa shape index (κ2) is 5.56. The molecule has 1 aromatic carbocycles. The molecule has 1 saturated heterocycles. The second-order valence-electron chi connectivity index (χ2n) is 4.94. The standard InChI is InChI=1S/C15H15ClN2O2/c1-4-10-7-14(19)18(9-10)11-5-6-13(16)12(8-11)15(20)17(2)3/h1,5-6,8,10H,7,9H2,2-3H3. The fourth-order valence-corrected chi connectivity index (χ4v) is 2.35. The number of terminal acetylenes is 1. The van der Waals surface area contributed by atoms with Crippen LogP contribution in [0.3, 0.4) is 0 Å². The molecule has 0 aromatic heterocycles. The first-order chi connectivity index (χ1) is 9.43. The van der Waals surface area contributed by atoms with Crippen molar-refractivity contribution >= 4 is 29.1 Å². The molecular formula is C15H15ClN2O2. The van der Waals surface area contributed by atoms with Gasteiger partial charge in [0.1, 0.15) is 0 Å². The third-order valence-electron chi connectivity index (χ3n) is 3.26. The fraction of sp³-hybridized carbons (Fsp3) is 0.333. The zero-order valence-corrected chi connectivity index (χ0v) is 12.1. The molecule has 4 nitrogen and oxygen atoms in total. The summed E-state index contributed by atoms with van der Waals surface area (Å²) in [4.78, 5) is 27.0. The van der Waals surface area contributed by atoms with Gasteiger partial charge in [-0.2, -0.15) is 0 Å². The number of hydrogen-bond acceptors (Lipinski definition) is 2. The number of hydrogen-bond donors (Lipinski definition) is 0. The Bertz CT molecular complexity index is 604. The average molecular weight is 291 g/mol. The van der Waals surface area contributed by atoms with Crippen molar-refractivity contribution < 1.29 is 9.59 Å². The quantitative estimate of drug-likeness (QED) is 0.782. The maximum absolute atomic E-state index is 12.0. The number of amides is 2. The highest BCUT2D eigenvalue weighted by Gasteiger charge is 2.30. The van der Waals surface area contributed by atoms with Gasteiger partial charge in [-0.05, 0) is 18.2 Å². The van der Waals surface area contributed by atoms with Crippen LogP contribution in [-0.4, -0.2) is 37.4 Å². The smallest absolute Gasteiger partial charge is 0.254 e. The van der Waals surface area contributed by atoms with Gasteiger partial charge in [-0.1, -0.05) is 11.6 Å². The topological polar surface area (TPSA) is 40.6 Å². The number of carbonyl (C=O) groups excluding carboxylic acids is 2. The van der Waals surface area contributed by atoms with E-state index in [9.17, 15) is 9.59 Å². The Labute approximate surface area is 123 Å². The summed E-state index contributed by atoms with van der Waals surface area (Å²) in [6.45, 7) is 0.479. The molecule has 0 bridgehead atoms. The van der Waals surface area contributed by atoms with E-state index in [-0.39, 0.29) is 17.7 Å². The molecule has 2 rings (SSSR count). The van der Waals surface area contributed by atoms with Crippen LogP contribution in [0.2, 0.25) is 5.02 Å². The van der Waals surface area contributed by atoms with Gasteiger partial charge in [0.05, 0.1) is 10.6 Å². The van der Waals surface area contributed by atoms with Crippen molar-refractivity contribution in [1.82, 2.24) is 4.90 Å². The molecule has 1 aliphatic heterocycles. The zero-order valence-electron chi connectivity index (χ0n) is 11.4. The van der Waals surface area contributed by atoms with Crippen LogP contribution in [0.4, 0.5) is 5.69 Å². The molecular weight excluding hydrogens is 276 g/mol. The lowest BCUT2D eigenvalue weighted by atomic mass is 10.1. The summed E-state index contributed by atoms with van der Waals surface area (Å²) in [5.74, 6) is 2.29. The van der Waals surface area contributed by atoms with E-state index < -0.39 is 0 Å². The summed E-state index contributed by atoms with van der Waals surface area (Å²) < 4.78 is 0. The number of nitrogens with zero attached hydrogens (tertiary/aromatic N) is 2. The Balaban J connectivity index is 2.35. The predicted octanol–water partition coefficient (Wildman–Crippen LogP) is 2.03. The highest BCUT2D eigenvalue weighted by Crippen LogP contribution is 2.28. The molecule has 1 unspecified atom stereocenters. The van der Waals surface area contributed by atoms with Gasteiger partial charge in [0.25, 0.3) is 5.91 Å². The molecule has 104 valence electrons. The van der Waals surface area contributed by atoms with Gasteiger partial charge in [-0.15, -0.1) is 12.3 Å². The van der Waals surface area contributed by atoms with Crippen molar-refractivity contribution in [1.29, 1.82) is 0 Å². The number of rotatable bonds is 2. The maximum Gasteiger partial charge on any atom is 0.254 e. The molecule has 1 fully saturated rings. The van der Waals surface area contributed by atoms with E-state index >= 15 is 0 Å². The molecule has 20 heavy (non-hydrogen) atoms. The Kier molecular flexibility index (Phi) is 4.01. The SMILES string of the molecule is C#CC1CC(=O)N(c2ccc(Cl)c(C(=O)N(C)C)c2)C1. The minimum absolute atomic E-state index is 0.0291. The summed E-state index contributed by atoms with van der Waals surface area (Å²) >= 11 is 6.05. The van der Waals surface area contributed by atoms with Crippen molar-refractivity contribution in [2.45, 2.75) is 6.42 Å². The van der Waals surface area contributed by atoms with Crippen molar-refractivity contribution in [3.8, 4) is 12.3 Å². The fourth-order valence-electron chi connectivity index (χ4n) is 2.15. The molecule has 5 heteroatoms. The number of carbonyl (C=O) groups is 2. The summed E-state index contributed by atoms with van der Waals surface area (Å²) in [5.41, 5.74) is 1.04. The molecule has 0 N–H and O–H groups in total. The van der Waals surface area contributed by atoms with Crippen LogP contribution in [0.15, 0.2) is 18.2 Å². The first-order valence-electron chi connectivity index (χ1n) is 6.21. The molecule has 1 heterocycles. The van der Waals surface area contributed by atoms with Crippen molar-refractivity contribution in [3.05, 3.63) is 28.8 Å². The van der Waals surface area contributed by atoms with Crippen LogP contribution in [-0.2, 0) is 4.79 Å². The van der Waals surface area contributed by atoms with Gasteiger partial charge in [-0.3, -0.25) is 9.59 Å². The summed E-state index contributed by atoms with van der Waals surface area (Å²) in [6, 6.07) is 5.00. The third-order valence-corrected chi connectivity index (χ3v) is 3.59. The predicted molar refractivity (Wildman–Crippen MR) is 78.8 cm³/mol. The van der Waals surface area contributed by atoms with Crippen LogP contribution in [0.25, 0.3) is 0 Å². The summed E-state index contributed by atoms with van der Waals surface area (Å²) in [6.07, 6.45) is 5.71. The van der Waals surface area contributed by atoms with Gasteiger partial charge in [0.2, 0.25) is 5.91 Å². The van der Waals surface area contributed by atoms with Gasteiger partial charge < -0.3 is 9.80 Å². The molecule has 0 radical (unpaired) electrons. The van der Waals surface area contributed by atoms with Gasteiger partial charge >= 0.3 is 0 Å². The van der Waals surface area contributed by atoms with Gasteiger partial charge in [0, 0.05) is 38.7 Å². The van der Waals surface area contributed by atoms with E-state index in [1.54, 1.807) is 37.2 Å². The average Bonchev–Trinajstić information content (AvgIpc) is 2.80. The van der Waals surface area contributed by atoms with Crippen molar-refractivity contribution in [2.24, 2.45) is 5.92 Å². The van der Waals surface area contributed by atoms with E-state index in [1.807, 2.05) is 0 Å². The molecule has 1 aliphatic rings. The van der Waals surface area contributed by atoms with Crippen LogP contribution in [0, 0.1) is 18.3 Å². The first kappa shape index (κ1) is 14.4. The highest BCUT2D eigenvalue weighted by molar-refractivity contribution is 6.34. The van der Waals surface area contributed by atoms with Crippen LogP contribution < -0.4 is 4.90 Å². The lowest BCUT2D eigenvalue weighted by Crippen LogP contribution is -2.26. The molecule has 1 aromatic rings. The van der Waals surface area contributed by atoms with E-state index in [4.69, 9.17) is 18.0 Å². The lowest BCUT2D eigenvalue weighted by molar-refractivity contribution is -0.117. The van der Waals surface area contributed by atoms with Crippen molar-refractivity contribution in [2.75, 3.05) is 25.5 Å². The second-order valence-corrected chi connectivity index (χ2v) is 5.34. The van der Waals surface area contributed by atoms with E-state index in [2.05, 4.69) is 5.92 Å². The molecule has 1 atom stereocenters. The molecule has 0 aliphatic carbocycles. The monoisotopic (exact) mass is 290 g/mol.